The number of rotatable bonds is 2. The third kappa shape index (κ3) is 3.17. The fourth-order valence-electron chi connectivity index (χ4n) is 1.71. The average Bonchev–Trinajstić information content (AvgIpc) is 2.03. The van der Waals surface area contributed by atoms with E-state index in [4.69, 9.17) is 0 Å². The van der Waals surface area contributed by atoms with Crippen LogP contribution in [0.3, 0.4) is 0 Å². The van der Waals surface area contributed by atoms with Gasteiger partial charge in [0.15, 0.2) is 0 Å². The van der Waals surface area contributed by atoms with Gasteiger partial charge >= 0.3 is 91.3 Å². The Morgan fingerprint density at radius 2 is 1.29 bits per heavy atom. The molecule has 14 heavy (non-hydrogen) atoms. The van der Waals surface area contributed by atoms with Crippen LogP contribution in [0.1, 0.15) is 50.7 Å². The van der Waals surface area contributed by atoms with E-state index < -0.39 is 0 Å². The van der Waals surface area contributed by atoms with Crippen molar-refractivity contribution in [2.45, 2.75) is 39.5 Å². The van der Waals surface area contributed by atoms with Crippen LogP contribution in [0.2, 0.25) is 0 Å². The van der Waals surface area contributed by atoms with Crippen LogP contribution in [-0.2, 0) is 18.3 Å². The second-order valence-electron chi connectivity index (χ2n) is 4.22. The molecule has 0 saturated heterocycles. The van der Waals surface area contributed by atoms with Crippen LogP contribution in [0.25, 0.3) is 0 Å². The summed E-state index contributed by atoms with van der Waals surface area (Å²) in [5.74, 6) is 1.34. The Hall–Kier alpha value is 0.323. The van der Waals surface area contributed by atoms with Gasteiger partial charge in [0.05, 0.1) is 0 Å². The molecule has 0 aliphatic heterocycles. The van der Waals surface area contributed by atoms with E-state index in [2.05, 4.69) is 45.9 Å². The maximum absolute atomic E-state index is 2.28. The first-order valence-corrected chi connectivity index (χ1v) is 6.47. The Morgan fingerprint density at radius 1 is 0.929 bits per heavy atom. The molecule has 0 heterocycles. The van der Waals surface area contributed by atoms with Crippen LogP contribution in [0, 0.1) is 0 Å². The maximum atomic E-state index is 2.28. The fourth-order valence-corrected chi connectivity index (χ4v) is 3.91. The molecule has 0 aliphatic rings. The van der Waals surface area contributed by atoms with E-state index in [1.807, 2.05) is 0 Å². The molecule has 2 heteroatoms. The molecule has 0 radical (unpaired) electrons. The molecule has 0 unspecified atom stereocenters. The summed E-state index contributed by atoms with van der Waals surface area (Å²) in [6.45, 7) is 9.11. The van der Waals surface area contributed by atoms with Gasteiger partial charge < -0.3 is 17.0 Å². The molecule has 0 amide bonds. The molecule has 0 nitrogen and oxygen atoms in total. The molecular formula is C12H17BrZn. The molecular weight excluding hydrogens is 289 g/mol. The van der Waals surface area contributed by atoms with Crippen molar-refractivity contribution >= 4 is 4.16 Å². The van der Waals surface area contributed by atoms with E-state index in [9.17, 15) is 0 Å². The zero-order valence-electron chi connectivity index (χ0n) is 9.47. The van der Waals surface area contributed by atoms with E-state index in [1.54, 1.807) is 15.3 Å². The smallest absolute Gasteiger partial charge is 1.00 e. The predicted molar refractivity (Wildman–Crippen MR) is 54.3 cm³/mol. The molecule has 0 N–H and O–H groups in total. The van der Waals surface area contributed by atoms with E-state index in [0.717, 1.165) is 0 Å². The third-order valence-corrected chi connectivity index (χ3v) is 4.21. The SMILES string of the molecule is CC(C)c1cccc(C(C)C)[c]1[Zn+].[Br-]. The summed E-state index contributed by atoms with van der Waals surface area (Å²) in [6.07, 6.45) is 0. The summed E-state index contributed by atoms with van der Waals surface area (Å²) < 4.78 is 1.60. The van der Waals surface area contributed by atoms with Gasteiger partial charge in [-0.3, -0.25) is 0 Å². The summed E-state index contributed by atoms with van der Waals surface area (Å²) in [6, 6.07) is 6.74. The third-order valence-electron chi connectivity index (χ3n) is 2.49. The van der Waals surface area contributed by atoms with E-state index in [-0.39, 0.29) is 17.0 Å². The Bertz CT molecular complexity index is 266. The quantitative estimate of drug-likeness (QED) is 0.681. The van der Waals surface area contributed by atoms with Gasteiger partial charge in [-0.1, -0.05) is 0 Å². The van der Waals surface area contributed by atoms with Crippen molar-refractivity contribution in [3.8, 4) is 0 Å². The van der Waals surface area contributed by atoms with Gasteiger partial charge in [-0.15, -0.1) is 0 Å². The van der Waals surface area contributed by atoms with E-state index in [1.165, 1.54) is 18.3 Å². The normalized spacial score (nSPS) is 10.6. The zero-order valence-corrected chi connectivity index (χ0v) is 14.0. The molecule has 74 valence electrons. The Morgan fingerprint density at radius 3 is 1.57 bits per heavy atom. The molecule has 0 aromatic heterocycles. The molecule has 1 aromatic rings. The fraction of sp³-hybridized carbons (Fsp3) is 0.500. The number of benzene rings is 1. The van der Waals surface area contributed by atoms with Crippen molar-refractivity contribution in [1.82, 2.24) is 0 Å². The molecule has 0 bridgehead atoms. The first kappa shape index (κ1) is 14.3. The van der Waals surface area contributed by atoms with Gasteiger partial charge in [0.25, 0.3) is 0 Å². The Balaban J connectivity index is 0.00000169. The van der Waals surface area contributed by atoms with Crippen LogP contribution >= 0.6 is 0 Å². The molecule has 0 fully saturated rings. The topological polar surface area (TPSA) is 0 Å². The summed E-state index contributed by atoms with van der Waals surface area (Å²) >= 11 is 1.28. The molecule has 0 saturated carbocycles. The van der Waals surface area contributed by atoms with Crippen molar-refractivity contribution in [2.75, 3.05) is 0 Å². The minimum atomic E-state index is 0. The maximum Gasteiger partial charge on any atom is -1.00 e. The van der Waals surface area contributed by atoms with Crippen LogP contribution in [-0.4, -0.2) is 0 Å². The predicted octanol–water partition coefficient (Wildman–Crippen LogP) is 0.109. The van der Waals surface area contributed by atoms with Crippen molar-refractivity contribution in [1.29, 1.82) is 0 Å². The molecule has 0 aliphatic carbocycles. The zero-order chi connectivity index (χ0) is 10.0. The molecule has 1 rings (SSSR count). The van der Waals surface area contributed by atoms with Gasteiger partial charge in [-0.05, 0) is 0 Å². The van der Waals surface area contributed by atoms with Gasteiger partial charge in [0, 0.05) is 0 Å². The molecule has 0 spiro atoms. The Kier molecular flexibility index (Phi) is 6.17. The van der Waals surface area contributed by atoms with Crippen molar-refractivity contribution in [3.05, 3.63) is 29.3 Å². The number of hydrogen-bond donors (Lipinski definition) is 0. The monoisotopic (exact) mass is 304 g/mol. The minimum absolute atomic E-state index is 0. The van der Waals surface area contributed by atoms with E-state index in [0.29, 0.717) is 11.8 Å². The summed E-state index contributed by atoms with van der Waals surface area (Å²) in [5.41, 5.74) is 3.09. The second kappa shape index (κ2) is 6.03. The number of halogens is 1. The van der Waals surface area contributed by atoms with Crippen LogP contribution in [0.15, 0.2) is 18.2 Å². The standard InChI is InChI=1S/C12H17.BrH.Zn/c1-9(2)11-6-5-7-12(8-11)10(3)4;;/h5-7,9-10H,1-4H3;1H;/q;;+1/p-1. The largest absolute Gasteiger partial charge is 1.00 e. The van der Waals surface area contributed by atoms with Gasteiger partial charge in [-0.25, -0.2) is 0 Å². The summed E-state index contributed by atoms with van der Waals surface area (Å²) in [4.78, 5) is 0. The first-order chi connectivity index (χ1) is 6.04. The average molecular weight is 307 g/mol. The summed E-state index contributed by atoms with van der Waals surface area (Å²) in [7, 11) is 0. The first-order valence-electron chi connectivity index (χ1n) is 4.98. The van der Waals surface area contributed by atoms with Crippen LogP contribution < -0.4 is 21.1 Å². The summed E-state index contributed by atoms with van der Waals surface area (Å²) in [5, 5.41) is 0. The van der Waals surface area contributed by atoms with Crippen molar-refractivity contribution in [3.63, 3.8) is 0 Å². The van der Waals surface area contributed by atoms with Gasteiger partial charge in [0.1, 0.15) is 0 Å². The Labute approximate surface area is 108 Å². The van der Waals surface area contributed by atoms with Gasteiger partial charge in [0.2, 0.25) is 0 Å². The van der Waals surface area contributed by atoms with Crippen molar-refractivity contribution in [2.24, 2.45) is 0 Å². The minimum Gasteiger partial charge on any atom is -1.00 e. The number of hydrogen-bond acceptors (Lipinski definition) is 0. The molecule has 0 atom stereocenters. The van der Waals surface area contributed by atoms with Gasteiger partial charge in [-0.2, -0.15) is 0 Å². The van der Waals surface area contributed by atoms with Crippen LogP contribution in [0.5, 0.6) is 0 Å². The van der Waals surface area contributed by atoms with Crippen molar-refractivity contribution < 1.29 is 35.3 Å². The second-order valence-corrected chi connectivity index (χ2v) is 5.71. The van der Waals surface area contributed by atoms with E-state index >= 15 is 0 Å². The van der Waals surface area contributed by atoms with Crippen LogP contribution in [0.4, 0.5) is 0 Å². The molecule has 1 aromatic carbocycles.